The molecule has 3 aliphatic carbocycles. The molecule has 4 fully saturated rings. The first-order valence-corrected chi connectivity index (χ1v) is 15.9. The molecule has 1 unspecified atom stereocenters. The third-order valence-corrected chi connectivity index (χ3v) is 12.0. The molecule has 0 aromatic carbocycles. The summed E-state index contributed by atoms with van der Waals surface area (Å²) in [6.07, 6.45) is 10.1. The number of nitrogens with one attached hydrogen (secondary N) is 2. The van der Waals surface area contributed by atoms with Crippen LogP contribution in [-0.2, 0) is 19.8 Å². The van der Waals surface area contributed by atoms with Crippen molar-refractivity contribution in [2.75, 3.05) is 13.1 Å². The Morgan fingerprint density at radius 1 is 1.00 bits per heavy atom. The number of aliphatic carboxylic acids is 1. The highest BCUT2D eigenvalue weighted by atomic mass is 32.2. The Balaban J connectivity index is 1.63. The molecule has 4 aliphatic rings. The predicted molar refractivity (Wildman–Crippen MR) is 143 cm³/mol. The molecular formula is C27H48N4O5S. The number of piperidine rings is 1. The maximum absolute atomic E-state index is 14.0. The molecule has 5 N–H and O–H groups in total. The van der Waals surface area contributed by atoms with Gasteiger partial charge in [0, 0.05) is 6.04 Å². The lowest BCUT2D eigenvalue weighted by Crippen LogP contribution is -2.61. The summed E-state index contributed by atoms with van der Waals surface area (Å²) in [6, 6.07) is -2.53. The Morgan fingerprint density at radius 2 is 1.59 bits per heavy atom. The van der Waals surface area contributed by atoms with Crippen molar-refractivity contribution in [1.82, 2.24) is 14.9 Å². The van der Waals surface area contributed by atoms with E-state index in [9.17, 15) is 23.1 Å². The molecule has 3 saturated carbocycles. The normalized spacial score (nSPS) is 32.4. The number of nitrogens with zero attached hydrogens (tertiary/aromatic N) is 1. The Hall–Kier alpha value is -1.23. The second-order valence-corrected chi connectivity index (χ2v) is 14.5. The smallest absolute Gasteiger partial charge is 0.322 e. The summed E-state index contributed by atoms with van der Waals surface area (Å²) in [5.74, 6) is -0.863. The lowest BCUT2D eigenvalue weighted by molar-refractivity contribution is -0.144. The topological polar surface area (TPSA) is 142 Å². The maximum Gasteiger partial charge on any atom is 0.322 e. The molecular weight excluding hydrogens is 492 g/mol. The minimum absolute atomic E-state index is 0.0577. The standard InChI is InChI=1S/C27H48N4O5S/c1-26(2)20-9-12-27(26,3)23(17-20)30-24(32)21(15-18-7-5-4-6-8-18)31(37(28,35)36)22(25(33)34)16-19-10-13-29-14-11-19/h18-23,29H,4-17H2,1-3H3,(H,30,32)(H,33,34)(H2,28,35,36)/t20-,21+,22?,23+,27+/m1/s1. The second kappa shape index (κ2) is 11.1. The van der Waals surface area contributed by atoms with E-state index in [0.29, 0.717) is 12.3 Å². The molecule has 0 aromatic rings. The average molecular weight is 541 g/mol. The van der Waals surface area contributed by atoms with Crippen LogP contribution in [0.25, 0.3) is 0 Å². The molecule has 1 aliphatic heterocycles. The van der Waals surface area contributed by atoms with Crippen molar-refractivity contribution < 1.29 is 23.1 Å². The Labute approximate surface area is 222 Å². The summed E-state index contributed by atoms with van der Waals surface area (Å²) in [4.78, 5) is 26.6. The number of carbonyl (C=O) groups excluding carboxylic acids is 1. The van der Waals surface area contributed by atoms with Crippen LogP contribution >= 0.6 is 0 Å². The first-order chi connectivity index (χ1) is 17.3. The molecule has 2 bridgehead atoms. The van der Waals surface area contributed by atoms with Gasteiger partial charge in [0.15, 0.2) is 0 Å². The lowest BCUT2D eigenvalue weighted by Gasteiger charge is -2.41. The van der Waals surface area contributed by atoms with Crippen molar-refractivity contribution in [3.63, 3.8) is 0 Å². The molecule has 10 heteroatoms. The summed E-state index contributed by atoms with van der Waals surface area (Å²) < 4.78 is 27.0. The number of carbonyl (C=O) groups is 2. The lowest BCUT2D eigenvalue weighted by atomic mass is 9.69. The SMILES string of the molecule is CC1(C)[C@@H]2CC[C@@]1(C)[C@@H](NC(=O)[C@H](CC1CCCCC1)N(C(CC1CCNCC1)C(=O)O)S(N)(=O)=O)C2. The molecule has 1 saturated heterocycles. The monoisotopic (exact) mass is 540 g/mol. The van der Waals surface area contributed by atoms with Crippen LogP contribution in [0.4, 0.5) is 0 Å². The minimum Gasteiger partial charge on any atom is -0.480 e. The average Bonchev–Trinajstić information content (AvgIpc) is 3.17. The van der Waals surface area contributed by atoms with E-state index in [1.54, 1.807) is 0 Å². The molecule has 1 heterocycles. The van der Waals surface area contributed by atoms with Gasteiger partial charge in [0.2, 0.25) is 5.91 Å². The van der Waals surface area contributed by atoms with Gasteiger partial charge in [0.25, 0.3) is 10.2 Å². The molecule has 212 valence electrons. The Bertz CT molecular complexity index is 944. The van der Waals surface area contributed by atoms with Crippen LogP contribution in [0.5, 0.6) is 0 Å². The molecule has 4 rings (SSSR count). The van der Waals surface area contributed by atoms with Crippen LogP contribution < -0.4 is 15.8 Å². The van der Waals surface area contributed by atoms with Gasteiger partial charge in [0.1, 0.15) is 12.1 Å². The quantitative estimate of drug-likeness (QED) is 0.336. The van der Waals surface area contributed by atoms with E-state index >= 15 is 0 Å². The largest absolute Gasteiger partial charge is 0.480 e. The second-order valence-electron chi connectivity index (χ2n) is 13.1. The highest BCUT2D eigenvalue weighted by molar-refractivity contribution is 7.86. The first-order valence-electron chi connectivity index (χ1n) is 14.4. The fraction of sp³-hybridized carbons (Fsp3) is 0.926. The van der Waals surface area contributed by atoms with Gasteiger partial charge in [0.05, 0.1) is 0 Å². The van der Waals surface area contributed by atoms with Crippen LogP contribution in [0.15, 0.2) is 0 Å². The number of fused-ring (bicyclic) bond motifs is 2. The first kappa shape index (κ1) is 28.8. The highest BCUT2D eigenvalue weighted by Gasteiger charge is 2.62. The van der Waals surface area contributed by atoms with E-state index in [-0.39, 0.29) is 41.0 Å². The van der Waals surface area contributed by atoms with Crippen molar-refractivity contribution in [3.05, 3.63) is 0 Å². The zero-order valence-corrected chi connectivity index (χ0v) is 23.7. The highest BCUT2D eigenvalue weighted by Crippen LogP contribution is 2.65. The number of carboxylic acids is 1. The minimum atomic E-state index is -4.46. The number of amides is 1. The van der Waals surface area contributed by atoms with Crippen LogP contribution in [-0.4, -0.2) is 60.9 Å². The number of carboxylic acid groups (broad SMARTS) is 1. The summed E-state index contributed by atoms with van der Waals surface area (Å²) >= 11 is 0. The molecule has 0 aromatic heterocycles. The van der Waals surface area contributed by atoms with Crippen molar-refractivity contribution in [2.45, 2.75) is 116 Å². The van der Waals surface area contributed by atoms with Crippen molar-refractivity contribution >= 4 is 22.1 Å². The van der Waals surface area contributed by atoms with Gasteiger partial charge in [-0.25, -0.2) is 5.14 Å². The summed E-state index contributed by atoms with van der Waals surface area (Å²) in [6.45, 7) is 8.32. The number of hydrogen-bond acceptors (Lipinski definition) is 5. The third-order valence-electron chi connectivity index (χ3n) is 10.9. The fourth-order valence-corrected chi connectivity index (χ4v) is 9.14. The molecule has 1 amide bonds. The summed E-state index contributed by atoms with van der Waals surface area (Å²) in [5, 5.41) is 22.5. The van der Waals surface area contributed by atoms with Gasteiger partial charge in [-0.15, -0.1) is 0 Å². The van der Waals surface area contributed by atoms with Gasteiger partial charge in [-0.3, -0.25) is 9.59 Å². The number of rotatable bonds is 10. The van der Waals surface area contributed by atoms with Crippen LogP contribution in [0.1, 0.15) is 97.8 Å². The van der Waals surface area contributed by atoms with Gasteiger partial charge < -0.3 is 15.7 Å². The molecule has 0 spiro atoms. The van der Waals surface area contributed by atoms with E-state index in [4.69, 9.17) is 5.14 Å². The van der Waals surface area contributed by atoms with E-state index in [0.717, 1.165) is 81.6 Å². The Morgan fingerprint density at radius 3 is 2.11 bits per heavy atom. The van der Waals surface area contributed by atoms with Gasteiger partial charge in [-0.1, -0.05) is 52.9 Å². The molecule has 5 atom stereocenters. The van der Waals surface area contributed by atoms with Crippen LogP contribution in [0, 0.1) is 28.6 Å². The maximum atomic E-state index is 14.0. The Kier molecular flexibility index (Phi) is 8.63. The van der Waals surface area contributed by atoms with E-state index in [1.165, 1.54) is 0 Å². The number of hydrogen-bond donors (Lipinski definition) is 4. The zero-order chi connectivity index (χ0) is 27.0. The fourth-order valence-electron chi connectivity index (χ4n) is 8.07. The molecule has 0 radical (unpaired) electrons. The van der Waals surface area contributed by atoms with Gasteiger partial charge in [-0.05, 0) is 86.6 Å². The third kappa shape index (κ3) is 5.87. The molecule has 37 heavy (non-hydrogen) atoms. The van der Waals surface area contributed by atoms with E-state index in [1.807, 2.05) is 0 Å². The van der Waals surface area contributed by atoms with Crippen molar-refractivity contribution in [2.24, 2.45) is 33.7 Å². The van der Waals surface area contributed by atoms with Crippen molar-refractivity contribution in [1.29, 1.82) is 0 Å². The van der Waals surface area contributed by atoms with E-state index < -0.39 is 28.3 Å². The predicted octanol–water partition coefficient (Wildman–Crippen LogP) is 3.00. The van der Waals surface area contributed by atoms with Gasteiger partial charge >= 0.3 is 5.97 Å². The summed E-state index contributed by atoms with van der Waals surface area (Å²) in [7, 11) is -4.46. The van der Waals surface area contributed by atoms with Crippen LogP contribution in [0.3, 0.4) is 0 Å². The van der Waals surface area contributed by atoms with Crippen molar-refractivity contribution in [3.8, 4) is 0 Å². The molecule has 9 nitrogen and oxygen atoms in total. The van der Waals surface area contributed by atoms with E-state index in [2.05, 4.69) is 31.4 Å². The van der Waals surface area contributed by atoms with Crippen LogP contribution in [0.2, 0.25) is 0 Å². The zero-order valence-electron chi connectivity index (χ0n) is 22.9. The summed E-state index contributed by atoms with van der Waals surface area (Å²) in [5.41, 5.74) is 0.0124. The number of nitrogens with two attached hydrogens (primary N) is 1. The van der Waals surface area contributed by atoms with Gasteiger partial charge in [-0.2, -0.15) is 12.7 Å².